The highest BCUT2D eigenvalue weighted by Gasteiger charge is 2.25. The number of aromatic nitrogens is 2. The third kappa shape index (κ3) is 4.62. The van der Waals surface area contributed by atoms with Crippen molar-refractivity contribution in [2.24, 2.45) is 5.92 Å². The van der Waals surface area contributed by atoms with Crippen molar-refractivity contribution < 1.29 is 14.5 Å². The Kier molecular flexibility index (Phi) is 6.10. The van der Waals surface area contributed by atoms with Crippen LogP contribution < -0.4 is 10.6 Å². The van der Waals surface area contributed by atoms with Crippen LogP contribution in [0.3, 0.4) is 0 Å². The second-order valence-corrected chi connectivity index (χ2v) is 7.37. The SMILES string of the molecule is CC(NC(=O)c1cccc([N+](=O)[O-])c1)C(=O)NC(c1nc2ccccc2[nH]1)C(C)C. The first kappa shape index (κ1) is 21.0. The molecular formula is C21H23N5O4. The fraction of sp³-hybridized carbons (Fsp3) is 0.286. The maximum absolute atomic E-state index is 12.7. The molecular weight excluding hydrogens is 386 g/mol. The predicted octanol–water partition coefficient (Wildman–Crippen LogP) is 3.10. The van der Waals surface area contributed by atoms with Gasteiger partial charge in [0.1, 0.15) is 11.9 Å². The molecule has 1 heterocycles. The van der Waals surface area contributed by atoms with Crippen molar-refractivity contribution in [3.05, 3.63) is 70.0 Å². The van der Waals surface area contributed by atoms with E-state index < -0.39 is 16.9 Å². The van der Waals surface area contributed by atoms with Gasteiger partial charge in [-0.1, -0.05) is 32.0 Å². The summed E-state index contributed by atoms with van der Waals surface area (Å²) in [6, 6.07) is 11.7. The number of non-ortho nitro benzene ring substituents is 1. The molecule has 0 saturated heterocycles. The van der Waals surface area contributed by atoms with Crippen molar-refractivity contribution >= 4 is 28.5 Å². The zero-order valence-electron chi connectivity index (χ0n) is 16.9. The highest BCUT2D eigenvalue weighted by Crippen LogP contribution is 2.22. The number of para-hydroxylation sites is 2. The first-order valence-corrected chi connectivity index (χ1v) is 9.56. The Morgan fingerprint density at radius 1 is 1.07 bits per heavy atom. The van der Waals surface area contributed by atoms with Gasteiger partial charge in [-0.2, -0.15) is 0 Å². The summed E-state index contributed by atoms with van der Waals surface area (Å²) in [4.78, 5) is 43.2. The van der Waals surface area contributed by atoms with Crippen molar-refractivity contribution in [2.45, 2.75) is 32.9 Å². The molecule has 0 saturated carbocycles. The summed E-state index contributed by atoms with van der Waals surface area (Å²) in [5, 5.41) is 16.4. The van der Waals surface area contributed by atoms with E-state index in [0.717, 1.165) is 11.0 Å². The summed E-state index contributed by atoms with van der Waals surface area (Å²) in [6.07, 6.45) is 0. The number of rotatable bonds is 7. The molecule has 9 nitrogen and oxygen atoms in total. The van der Waals surface area contributed by atoms with Crippen LogP contribution in [0.1, 0.15) is 43.0 Å². The lowest BCUT2D eigenvalue weighted by atomic mass is 10.0. The fourth-order valence-electron chi connectivity index (χ4n) is 3.06. The smallest absolute Gasteiger partial charge is 0.270 e. The molecule has 0 spiro atoms. The highest BCUT2D eigenvalue weighted by molar-refractivity contribution is 5.97. The number of nitrogens with zero attached hydrogens (tertiary/aromatic N) is 2. The van der Waals surface area contributed by atoms with Crippen molar-refractivity contribution in [2.75, 3.05) is 0 Å². The van der Waals surface area contributed by atoms with Gasteiger partial charge in [0, 0.05) is 17.7 Å². The number of aromatic amines is 1. The topological polar surface area (TPSA) is 130 Å². The van der Waals surface area contributed by atoms with Crippen LogP contribution in [0.15, 0.2) is 48.5 Å². The predicted molar refractivity (Wildman–Crippen MR) is 112 cm³/mol. The van der Waals surface area contributed by atoms with Gasteiger partial charge < -0.3 is 15.6 Å². The molecule has 2 unspecified atom stereocenters. The third-order valence-electron chi connectivity index (χ3n) is 4.73. The van der Waals surface area contributed by atoms with E-state index >= 15 is 0 Å². The van der Waals surface area contributed by atoms with Crippen LogP contribution in [0.2, 0.25) is 0 Å². The molecule has 0 aliphatic heterocycles. The Balaban J connectivity index is 1.70. The van der Waals surface area contributed by atoms with E-state index in [4.69, 9.17) is 0 Å². The number of fused-ring (bicyclic) bond motifs is 1. The number of nitro groups is 1. The monoisotopic (exact) mass is 409 g/mol. The lowest BCUT2D eigenvalue weighted by Crippen LogP contribution is -2.46. The number of hydrogen-bond acceptors (Lipinski definition) is 5. The molecule has 0 aliphatic rings. The number of carbonyl (C=O) groups is 2. The number of H-pyrrole nitrogens is 1. The summed E-state index contributed by atoms with van der Waals surface area (Å²) in [5.41, 5.74) is 1.60. The Morgan fingerprint density at radius 3 is 2.47 bits per heavy atom. The summed E-state index contributed by atoms with van der Waals surface area (Å²) in [7, 11) is 0. The summed E-state index contributed by atoms with van der Waals surface area (Å²) in [5.74, 6) is -0.259. The van der Waals surface area contributed by atoms with Gasteiger partial charge in [0.15, 0.2) is 0 Å². The molecule has 2 amide bonds. The van der Waals surface area contributed by atoms with E-state index in [1.807, 2.05) is 38.1 Å². The molecule has 0 bridgehead atoms. The molecule has 3 rings (SSSR count). The van der Waals surface area contributed by atoms with Crippen molar-refractivity contribution in [3.8, 4) is 0 Å². The Morgan fingerprint density at radius 2 is 1.80 bits per heavy atom. The minimum atomic E-state index is -0.845. The van der Waals surface area contributed by atoms with Crippen LogP contribution in [0.25, 0.3) is 11.0 Å². The largest absolute Gasteiger partial charge is 0.344 e. The molecule has 2 aromatic carbocycles. The quantitative estimate of drug-likeness (QED) is 0.408. The molecule has 0 radical (unpaired) electrons. The van der Waals surface area contributed by atoms with Gasteiger partial charge in [-0.3, -0.25) is 19.7 Å². The molecule has 156 valence electrons. The number of nitrogens with one attached hydrogen (secondary N) is 3. The fourth-order valence-corrected chi connectivity index (χ4v) is 3.06. The molecule has 0 aliphatic carbocycles. The van der Waals surface area contributed by atoms with E-state index in [1.165, 1.54) is 24.3 Å². The van der Waals surface area contributed by atoms with E-state index in [-0.39, 0.29) is 29.1 Å². The van der Waals surface area contributed by atoms with Gasteiger partial charge in [-0.15, -0.1) is 0 Å². The highest BCUT2D eigenvalue weighted by atomic mass is 16.6. The molecule has 9 heteroatoms. The van der Waals surface area contributed by atoms with E-state index in [1.54, 1.807) is 6.92 Å². The first-order chi connectivity index (χ1) is 14.3. The van der Waals surface area contributed by atoms with Gasteiger partial charge in [-0.25, -0.2) is 4.98 Å². The minimum absolute atomic E-state index is 0.0502. The number of hydrogen-bond donors (Lipinski definition) is 3. The molecule has 30 heavy (non-hydrogen) atoms. The molecule has 0 fully saturated rings. The van der Waals surface area contributed by atoms with Gasteiger partial charge >= 0.3 is 0 Å². The van der Waals surface area contributed by atoms with Crippen LogP contribution in [-0.2, 0) is 4.79 Å². The maximum atomic E-state index is 12.7. The number of benzene rings is 2. The van der Waals surface area contributed by atoms with E-state index in [2.05, 4.69) is 20.6 Å². The number of amides is 2. The second-order valence-electron chi connectivity index (χ2n) is 7.37. The van der Waals surface area contributed by atoms with Crippen LogP contribution in [-0.4, -0.2) is 32.7 Å². The average Bonchev–Trinajstić information content (AvgIpc) is 3.15. The number of imidazole rings is 1. The van der Waals surface area contributed by atoms with Crippen molar-refractivity contribution in [1.82, 2.24) is 20.6 Å². The van der Waals surface area contributed by atoms with Gasteiger partial charge in [0.05, 0.1) is 22.0 Å². The number of nitro benzene ring substituents is 1. The number of carbonyl (C=O) groups excluding carboxylic acids is 2. The molecule has 1 aromatic heterocycles. The lowest BCUT2D eigenvalue weighted by Gasteiger charge is -2.23. The lowest BCUT2D eigenvalue weighted by molar-refractivity contribution is -0.384. The maximum Gasteiger partial charge on any atom is 0.270 e. The zero-order valence-corrected chi connectivity index (χ0v) is 16.9. The summed E-state index contributed by atoms with van der Waals surface area (Å²) < 4.78 is 0. The van der Waals surface area contributed by atoms with Crippen molar-refractivity contribution in [1.29, 1.82) is 0 Å². The Hall–Kier alpha value is -3.75. The van der Waals surface area contributed by atoms with E-state index in [9.17, 15) is 19.7 Å². The second kappa shape index (κ2) is 8.73. The minimum Gasteiger partial charge on any atom is -0.344 e. The normalized spacial score (nSPS) is 13.1. The van der Waals surface area contributed by atoms with Crippen LogP contribution >= 0.6 is 0 Å². The molecule has 2 atom stereocenters. The Bertz CT molecular complexity index is 1060. The zero-order chi connectivity index (χ0) is 21.8. The molecule has 3 aromatic rings. The third-order valence-corrected chi connectivity index (χ3v) is 4.73. The van der Waals surface area contributed by atoms with Crippen molar-refractivity contribution in [3.63, 3.8) is 0 Å². The Labute approximate surface area is 173 Å². The standard InChI is InChI=1S/C21H23N5O4/c1-12(2)18(19-23-16-9-4-5-10-17(16)24-19)25-20(27)13(3)22-21(28)14-7-6-8-15(11-14)26(29)30/h4-13,18H,1-3H3,(H,22,28)(H,23,24)(H,25,27). The first-order valence-electron chi connectivity index (χ1n) is 9.56. The summed E-state index contributed by atoms with van der Waals surface area (Å²) >= 11 is 0. The van der Waals surface area contributed by atoms with Gasteiger partial charge in [0.2, 0.25) is 5.91 Å². The van der Waals surface area contributed by atoms with Crippen LogP contribution in [0, 0.1) is 16.0 Å². The van der Waals surface area contributed by atoms with Gasteiger partial charge in [-0.05, 0) is 31.0 Å². The summed E-state index contributed by atoms with van der Waals surface area (Å²) in [6.45, 7) is 5.48. The van der Waals surface area contributed by atoms with Gasteiger partial charge in [0.25, 0.3) is 11.6 Å². The van der Waals surface area contributed by atoms with Crippen LogP contribution in [0.5, 0.6) is 0 Å². The van der Waals surface area contributed by atoms with E-state index in [0.29, 0.717) is 5.82 Å². The molecule has 3 N–H and O–H groups in total. The van der Waals surface area contributed by atoms with Crippen LogP contribution in [0.4, 0.5) is 5.69 Å². The average molecular weight is 409 g/mol.